The van der Waals surface area contributed by atoms with Gasteiger partial charge in [0.2, 0.25) is 0 Å². The minimum Gasteiger partial charge on any atom is -0.497 e. The van der Waals surface area contributed by atoms with Crippen LogP contribution < -0.4 is 9.47 Å². The third-order valence-corrected chi connectivity index (χ3v) is 1.84. The molecule has 1 aromatic carbocycles. The van der Waals surface area contributed by atoms with E-state index in [0.717, 1.165) is 17.1 Å². The fourth-order valence-electron chi connectivity index (χ4n) is 1.13. The van der Waals surface area contributed by atoms with Gasteiger partial charge in [0.25, 0.3) is 0 Å². The van der Waals surface area contributed by atoms with E-state index in [1.165, 1.54) is 0 Å². The highest BCUT2D eigenvalue weighted by Gasteiger charge is 1.99. The summed E-state index contributed by atoms with van der Waals surface area (Å²) in [4.78, 5) is 4.02. The van der Waals surface area contributed by atoms with Crippen LogP contribution in [-0.4, -0.2) is 38.7 Å². The first-order chi connectivity index (χ1) is 7.30. The van der Waals surface area contributed by atoms with Crippen molar-refractivity contribution < 1.29 is 14.6 Å². The van der Waals surface area contributed by atoms with Gasteiger partial charge in [0.05, 0.1) is 27.4 Å². The van der Waals surface area contributed by atoms with Crippen LogP contribution in [0.1, 0.15) is 5.56 Å². The minimum absolute atomic E-state index is 0.0532. The fourth-order valence-corrected chi connectivity index (χ4v) is 1.13. The first kappa shape index (κ1) is 11.5. The normalized spacial score (nSPS) is 10.6. The van der Waals surface area contributed by atoms with E-state index in [0.29, 0.717) is 6.54 Å². The van der Waals surface area contributed by atoms with Gasteiger partial charge < -0.3 is 14.6 Å². The Morgan fingerprint density at radius 3 is 2.27 bits per heavy atom. The highest BCUT2D eigenvalue weighted by atomic mass is 16.5. The van der Waals surface area contributed by atoms with Crippen molar-refractivity contribution in [2.75, 3.05) is 27.4 Å². The summed E-state index contributed by atoms with van der Waals surface area (Å²) < 4.78 is 10.2. The van der Waals surface area contributed by atoms with E-state index >= 15 is 0 Å². The molecular weight excluding hydrogens is 194 g/mol. The van der Waals surface area contributed by atoms with Crippen molar-refractivity contribution in [2.24, 2.45) is 4.99 Å². The Bertz CT molecular complexity index is 314. The van der Waals surface area contributed by atoms with Gasteiger partial charge >= 0.3 is 0 Å². The van der Waals surface area contributed by atoms with Crippen LogP contribution >= 0.6 is 0 Å². The molecule has 0 spiro atoms. The van der Waals surface area contributed by atoms with Gasteiger partial charge in [-0.2, -0.15) is 0 Å². The molecule has 82 valence electrons. The van der Waals surface area contributed by atoms with Crippen molar-refractivity contribution in [3.63, 3.8) is 0 Å². The number of aliphatic imine (C=N–C) groups is 1. The molecule has 0 saturated heterocycles. The van der Waals surface area contributed by atoms with Gasteiger partial charge in [0, 0.05) is 12.3 Å². The van der Waals surface area contributed by atoms with Crippen LogP contribution in [-0.2, 0) is 0 Å². The summed E-state index contributed by atoms with van der Waals surface area (Å²) in [6, 6.07) is 5.50. The number of aliphatic hydroxyl groups excluding tert-OH is 1. The SMILES string of the molecule is COc1cc(C=NCCO)cc(OC)c1. The molecule has 4 nitrogen and oxygen atoms in total. The molecule has 0 aliphatic carbocycles. The monoisotopic (exact) mass is 209 g/mol. The maximum Gasteiger partial charge on any atom is 0.123 e. The van der Waals surface area contributed by atoms with Crippen molar-refractivity contribution in [3.05, 3.63) is 23.8 Å². The summed E-state index contributed by atoms with van der Waals surface area (Å²) in [5.41, 5.74) is 0.889. The van der Waals surface area contributed by atoms with Crippen molar-refractivity contribution in [1.29, 1.82) is 0 Å². The maximum absolute atomic E-state index is 8.58. The topological polar surface area (TPSA) is 51.0 Å². The lowest BCUT2D eigenvalue weighted by atomic mass is 10.2. The molecule has 0 atom stereocenters. The number of benzene rings is 1. The Balaban J connectivity index is 2.86. The lowest BCUT2D eigenvalue weighted by Gasteiger charge is -2.05. The Morgan fingerprint density at radius 1 is 1.20 bits per heavy atom. The molecule has 0 aromatic heterocycles. The zero-order valence-electron chi connectivity index (χ0n) is 8.93. The predicted octanol–water partition coefficient (Wildman–Crippen LogP) is 1.11. The summed E-state index contributed by atoms with van der Waals surface area (Å²) in [7, 11) is 3.20. The fraction of sp³-hybridized carbons (Fsp3) is 0.364. The molecule has 1 N–H and O–H groups in total. The Labute approximate surface area is 89.2 Å². The van der Waals surface area contributed by atoms with E-state index in [1.807, 2.05) is 12.1 Å². The van der Waals surface area contributed by atoms with E-state index in [4.69, 9.17) is 14.6 Å². The number of aliphatic hydroxyl groups is 1. The lowest BCUT2D eigenvalue weighted by Crippen LogP contribution is -1.92. The summed E-state index contributed by atoms with van der Waals surface area (Å²) in [5, 5.41) is 8.58. The number of nitrogens with zero attached hydrogens (tertiary/aromatic N) is 1. The maximum atomic E-state index is 8.58. The third-order valence-electron chi connectivity index (χ3n) is 1.84. The molecule has 0 unspecified atom stereocenters. The first-order valence-electron chi connectivity index (χ1n) is 4.64. The van der Waals surface area contributed by atoms with E-state index in [9.17, 15) is 0 Å². The summed E-state index contributed by atoms with van der Waals surface area (Å²) in [6.45, 7) is 0.455. The quantitative estimate of drug-likeness (QED) is 0.739. The molecule has 0 heterocycles. The molecule has 1 rings (SSSR count). The molecule has 0 fully saturated rings. The van der Waals surface area contributed by atoms with Crippen LogP contribution in [0.15, 0.2) is 23.2 Å². The van der Waals surface area contributed by atoms with Gasteiger partial charge in [-0.25, -0.2) is 0 Å². The van der Waals surface area contributed by atoms with E-state index in [-0.39, 0.29) is 6.61 Å². The van der Waals surface area contributed by atoms with Gasteiger partial charge in [0.1, 0.15) is 11.5 Å². The van der Waals surface area contributed by atoms with Crippen LogP contribution in [0.5, 0.6) is 11.5 Å². The van der Waals surface area contributed by atoms with Gasteiger partial charge in [-0.15, -0.1) is 0 Å². The molecule has 4 heteroatoms. The zero-order valence-corrected chi connectivity index (χ0v) is 8.93. The summed E-state index contributed by atoms with van der Waals surface area (Å²) in [5.74, 6) is 1.44. The van der Waals surface area contributed by atoms with Crippen molar-refractivity contribution >= 4 is 6.21 Å². The zero-order chi connectivity index (χ0) is 11.1. The molecule has 0 radical (unpaired) electrons. The highest BCUT2D eigenvalue weighted by molar-refractivity contribution is 5.81. The second-order valence-corrected chi connectivity index (χ2v) is 2.90. The van der Waals surface area contributed by atoms with Crippen LogP contribution in [0.25, 0.3) is 0 Å². The van der Waals surface area contributed by atoms with Gasteiger partial charge in [-0.3, -0.25) is 4.99 Å². The van der Waals surface area contributed by atoms with Crippen molar-refractivity contribution in [3.8, 4) is 11.5 Å². The van der Waals surface area contributed by atoms with Crippen molar-refractivity contribution in [1.82, 2.24) is 0 Å². The molecule has 0 bridgehead atoms. The third kappa shape index (κ3) is 3.59. The summed E-state index contributed by atoms with van der Waals surface area (Å²) >= 11 is 0. The molecule has 0 saturated carbocycles. The van der Waals surface area contributed by atoms with Gasteiger partial charge in [0.15, 0.2) is 0 Å². The number of hydrogen-bond donors (Lipinski definition) is 1. The van der Waals surface area contributed by atoms with Crippen LogP contribution in [0.4, 0.5) is 0 Å². The van der Waals surface area contributed by atoms with Crippen LogP contribution in [0, 0.1) is 0 Å². The number of ether oxygens (including phenoxy) is 2. The average Bonchev–Trinajstić information content (AvgIpc) is 2.29. The Morgan fingerprint density at radius 2 is 1.80 bits per heavy atom. The molecule has 0 aliphatic rings. The second kappa shape index (κ2) is 6.03. The predicted molar refractivity (Wildman–Crippen MR) is 59.1 cm³/mol. The number of hydrogen-bond acceptors (Lipinski definition) is 4. The first-order valence-corrected chi connectivity index (χ1v) is 4.64. The average molecular weight is 209 g/mol. The summed E-state index contributed by atoms with van der Waals surface area (Å²) in [6.07, 6.45) is 1.68. The molecule has 15 heavy (non-hydrogen) atoms. The smallest absolute Gasteiger partial charge is 0.123 e. The van der Waals surface area contributed by atoms with E-state index in [1.54, 1.807) is 26.5 Å². The molecular formula is C11H15NO3. The van der Waals surface area contributed by atoms with E-state index < -0.39 is 0 Å². The number of methoxy groups -OCH3 is 2. The largest absolute Gasteiger partial charge is 0.497 e. The standard InChI is InChI=1S/C11H15NO3/c1-14-10-5-9(8-12-3-4-13)6-11(7-10)15-2/h5-8,13H,3-4H2,1-2H3. The molecule has 0 amide bonds. The lowest BCUT2D eigenvalue weighted by molar-refractivity contribution is 0.307. The minimum atomic E-state index is 0.0532. The van der Waals surface area contributed by atoms with Crippen LogP contribution in [0.2, 0.25) is 0 Å². The van der Waals surface area contributed by atoms with Gasteiger partial charge in [-0.1, -0.05) is 0 Å². The highest BCUT2D eigenvalue weighted by Crippen LogP contribution is 2.21. The molecule has 0 aliphatic heterocycles. The molecule has 1 aromatic rings. The van der Waals surface area contributed by atoms with E-state index in [2.05, 4.69) is 4.99 Å². The Kier molecular flexibility index (Phi) is 4.63. The van der Waals surface area contributed by atoms with Gasteiger partial charge in [-0.05, 0) is 17.7 Å². The van der Waals surface area contributed by atoms with Crippen LogP contribution in [0.3, 0.4) is 0 Å². The Hall–Kier alpha value is -1.55. The number of rotatable bonds is 5. The van der Waals surface area contributed by atoms with Crippen molar-refractivity contribution in [2.45, 2.75) is 0 Å². The second-order valence-electron chi connectivity index (χ2n) is 2.90.